The van der Waals surface area contributed by atoms with Gasteiger partial charge in [-0.15, -0.1) is 0 Å². The summed E-state index contributed by atoms with van der Waals surface area (Å²) in [6, 6.07) is 11.8. The van der Waals surface area contributed by atoms with Crippen LogP contribution in [0.3, 0.4) is 0 Å². The van der Waals surface area contributed by atoms with Crippen LogP contribution in [-0.2, 0) is 4.74 Å². The highest BCUT2D eigenvalue weighted by Gasteiger charge is 2.35. The molecule has 0 aliphatic carbocycles. The van der Waals surface area contributed by atoms with Crippen molar-refractivity contribution in [3.8, 4) is 0 Å². The number of imidazole rings is 1. The van der Waals surface area contributed by atoms with Gasteiger partial charge in [0.25, 0.3) is 0 Å². The molecular weight excluding hydrogens is 372 g/mol. The fourth-order valence-corrected chi connectivity index (χ4v) is 3.75. The van der Waals surface area contributed by atoms with Gasteiger partial charge in [-0.2, -0.15) is 0 Å². The lowest BCUT2D eigenvalue weighted by atomic mass is 10.1. The first-order chi connectivity index (χ1) is 14.2. The SMILES string of the molecule is Nc1ccc2ccccc2c1Nc1ncnc2c1ncn2C1CC(O)C(CO)O1. The molecule has 0 amide bonds. The summed E-state index contributed by atoms with van der Waals surface area (Å²) >= 11 is 0. The zero-order valence-corrected chi connectivity index (χ0v) is 15.4. The van der Waals surface area contributed by atoms with Crippen molar-refractivity contribution in [2.45, 2.75) is 24.9 Å². The maximum absolute atomic E-state index is 10.0. The molecule has 148 valence electrons. The summed E-state index contributed by atoms with van der Waals surface area (Å²) in [6.45, 7) is -0.244. The second kappa shape index (κ2) is 6.96. The second-order valence-electron chi connectivity index (χ2n) is 7.04. The fraction of sp³-hybridized carbons (Fsp3) is 0.250. The minimum absolute atomic E-state index is 0.244. The number of anilines is 3. The monoisotopic (exact) mass is 392 g/mol. The van der Waals surface area contributed by atoms with Crippen LogP contribution >= 0.6 is 0 Å². The van der Waals surface area contributed by atoms with Crippen molar-refractivity contribution in [1.29, 1.82) is 0 Å². The Hall–Kier alpha value is -3.27. The van der Waals surface area contributed by atoms with Crippen molar-refractivity contribution in [3.05, 3.63) is 49.1 Å². The van der Waals surface area contributed by atoms with Gasteiger partial charge in [-0.05, 0) is 11.5 Å². The Labute approximate surface area is 165 Å². The van der Waals surface area contributed by atoms with E-state index in [0.29, 0.717) is 29.1 Å². The molecule has 1 aliphatic heterocycles. The van der Waals surface area contributed by atoms with Crippen LogP contribution in [-0.4, -0.2) is 48.5 Å². The standard InChI is InChI=1S/C20H20N6O3/c21-13-6-5-11-3-1-2-4-12(11)17(13)25-19-18-20(23-9-22-19)26(10-24-18)16-7-14(28)15(8-27)29-16/h1-6,9-10,14-16,27-28H,7-8,21H2,(H,22,23,25). The van der Waals surface area contributed by atoms with Crippen molar-refractivity contribution < 1.29 is 14.9 Å². The summed E-state index contributed by atoms with van der Waals surface area (Å²) in [5.74, 6) is 0.522. The maximum Gasteiger partial charge on any atom is 0.167 e. The van der Waals surface area contributed by atoms with Gasteiger partial charge < -0.3 is 26.0 Å². The van der Waals surface area contributed by atoms with Crippen LogP contribution < -0.4 is 11.1 Å². The number of benzene rings is 2. The minimum Gasteiger partial charge on any atom is -0.397 e. The number of ether oxygens (including phenoxy) is 1. The van der Waals surface area contributed by atoms with Crippen LogP contribution in [0.5, 0.6) is 0 Å². The Balaban J connectivity index is 1.55. The molecule has 2 aromatic carbocycles. The summed E-state index contributed by atoms with van der Waals surface area (Å²) in [5, 5.41) is 24.7. The van der Waals surface area contributed by atoms with Gasteiger partial charge in [-0.1, -0.05) is 30.3 Å². The van der Waals surface area contributed by atoms with Gasteiger partial charge in [-0.25, -0.2) is 15.0 Å². The molecule has 0 spiro atoms. The molecule has 0 radical (unpaired) electrons. The molecule has 9 heteroatoms. The number of aliphatic hydroxyl groups is 2. The number of nitrogens with zero attached hydrogens (tertiary/aromatic N) is 4. The van der Waals surface area contributed by atoms with Gasteiger partial charge in [-0.3, -0.25) is 4.57 Å². The first-order valence-electron chi connectivity index (χ1n) is 9.32. The Bertz CT molecular complexity index is 1190. The first kappa shape index (κ1) is 17.8. The Kier molecular flexibility index (Phi) is 4.27. The molecule has 0 bridgehead atoms. The summed E-state index contributed by atoms with van der Waals surface area (Å²) in [4.78, 5) is 13.2. The number of aliphatic hydroxyl groups excluding tert-OH is 2. The zero-order valence-electron chi connectivity index (χ0n) is 15.4. The van der Waals surface area contributed by atoms with Gasteiger partial charge in [0, 0.05) is 11.8 Å². The average Bonchev–Trinajstić information content (AvgIpc) is 3.33. The van der Waals surface area contributed by atoms with Gasteiger partial charge >= 0.3 is 0 Å². The summed E-state index contributed by atoms with van der Waals surface area (Å²) < 4.78 is 7.48. The number of nitrogens with two attached hydrogens (primary N) is 1. The predicted molar refractivity (Wildman–Crippen MR) is 109 cm³/mol. The smallest absolute Gasteiger partial charge is 0.167 e. The molecule has 1 aliphatic rings. The third-order valence-corrected chi connectivity index (χ3v) is 5.26. The first-order valence-corrected chi connectivity index (χ1v) is 9.32. The molecule has 5 rings (SSSR count). The quantitative estimate of drug-likeness (QED) is 0.388. The highest BCUT2D eigenvalue weighted by atomic mass is 16.5. The van der Waals surface area contributed by atoms with E-state index in [1.165, 1.54) is 6.33 Å². The normalized spacial score (nSPS) is 21.8. The van der Waals surface area contributed by atoms with E-state index in [1.807, 2.05) is 36.4 Å². The van der Waals surface area contributed by atoms with Crippen LogP contribution in [0.2, 0.25) is 0 Å². The van der Waals surface area contributed by atoms with E-state index >= 15 is 0 Å². The molecule has 0 saturated carbocycles. The van der Waals surface area contributed by atoms with E-state index in [9.17, 15) is 10.2 Å². The molecule has 29 heavy (non-hydrogen) atoms. The molecule has 4 aromatic rings. The van der Waals surface area contributed by atoms with Crippen molar-refractivity contribution in [2.24, 2.45) is 0 Å². The van der Waals surface area contributed by atoms with Crippen LogP contribution in [0.1, 0.15) is 12.6 Å². The topological polar surface area (TPSA) is 131 Å². The average molecular weight is 392 g/mol. The van der Waals surface area contributed by atoms with Crippen molar-refractivity contribution in [3.63, 3.8) is 0 Å². The van der Waals surface area contributed by atoms with Crippen molar-refractivity contribution in [2.75, 3.05) is 17.7 Å². The lowest BCUT2D eigenvalue weighted by Crippen LogP contribution is -2.24. The number of aromatic nitrogens is 4. The van der Waals surface area contributed by atoms with E-state index in [-0.39, 0.29) is 6.61 Å². The Morgan fingerprint density at radius 2 is 2.03 bits per heavy atom. The van der Waals surface area contributed by atoms with E-state index < -0.39 is 18.4 Å². The molecule has 5 N–H and O–H groups in total. The molecule has 2 aromatic heterocycles. The van der Waals surface area contributed by atoms with E-state index in [1.54, 1.807) is 10.9 Å². The number of hydrogen-bond acceptors (Lipinski definition) is 8. The van der Waals surface area contributed by atoms with E-state index in [0.717, 1.165) is 16.5 Å². The predicted octanol–water partition coefficient (Wildman–Crippen LogP) is 1.95. The van der Waals surface area contributed by atoms with Crippen LogP contribution in [0.15, 0.2) is 49.1 Å². The molecule has 3 unspecified atom stereocenters. The van der Waals surface area contributed by atoms with Gasteiger partial charge in [0.05, 0.1) is 30.4 Å². The number of nitrogens with one attached hydrogen (secondary N) is 1. The lowest BCUT2D eigenvalue weighted by Gasteiger charge is -2.14. The summed E-state index contributed by atoms with van der Waals surface area (Å²) in [7, 11) is 0. The Morgan fingerprint density at radius 3 is 2.86 bits per heavy atom. The number of nitrogen functional groups attached to an aromatic ring is 1. The highest BCUT2D eigenvalue weighted by Crippen LogP contribution is 2.35. The van der Waals surface area contributed by atoms with Gasteiger partial charge in [0.15, 0.2) is 17.0 Å². The fourth-order valence-electron chi connectivity index (χ4n) is 3.75. The third-order valence-electron chi connectivity index (χ3n) is 5.26. The number of rotatable bonds is 4. The molecule has 3 atom stereocenters. The molecule has 3 heterocycles. The van der Waals surface area contributed by atoms with Crippen LogP contribution in [0.25, 0.3) is 21.9 Å². The maximum atomic E-state index is 10.0. The molecule has 9 nitrogen and oxygen atoms in total. The second-order valence-corrected chi connectivity index (χ2v) is 7.04. The number of hydrogen-bond donors (Lipinski definition) is 4. The summed E-state index contributed by atoms with van der Waals surface area (Å²) in [6.07, 6.45) is 1.58. The van der Waals surface area contributed by atoms with Gasteiger partial charge in [0.2, 0.25) is 0 Å². The zero-order chi connectivity index (χ0) is 20.0. The van der Waals surface area contributed by atoms with E-state index in [4.69, 9.17) is 10.5 Å². The Morgan fingerprint density at radius 1 is 1.17 bits per heavy atom. The molecule has 1 saturated heterocycles. The molecular formula is C20H20N6O3. The van der Waals surface area contributed by atoms with Gasteiger partial charge in [0.1, 0.15) is 18.7 Å². The third kappa shape index (κ3) is 2.96. The largest absolute Gasteiger partial charge is 0.397 e. The number of fused-ring (bicyclic) bond motifs is 2. The van der Waals surface area contributed by atoms with Crippen LogP contribution in [0.4, 0.5) is 17.2 Å². The van der Waals surface area contributed by atoms with E-state index in [2.05, 4.69) is 20.3 Å². The molecule has 1 fully saturated rings. The lowest BCUT2D eigenvalue weighted by molar-refractivity contribution is -0.0432. The summed E-state index contributed by atoms with van der Waals surface area (Å²) in [5.41, 5.74) is 8.71. The minimum atomic E-state index is -0.739. The van der Waals surface area contributed by atoms with Crippen molar-refractivity contribution in [1.82, 2.24) is 19.5 Å². The van der Waals surface area contributed by atoms with Crippen LogP contribution in [0, 0.1) is 0 Å². The van der Waals surface area contributed by atoms with Crippen molar-refractivity contribution >= 4 is 39.1 Å². The highest BCUT2D eigenvalue weighted by molar-refractivity contribution is 6.02.